The van der Waals surface area contributed by atoms with Crippen LogP contribution in [0.1, 0.15) is 18.7 Å². The van der Waals surface area contributed by atoms with Crippen molar-refractivity contribution < 1.29 is 9.59 Å². The van der Waals surface area contributed by atoms with Crippen LogP contribution in [0.25, 0.3) is 10.4 Å². The van der Waals surface area contributed by atoms with Crippen LogP contribution >= 0.6 is 11.3 Å². The second kappa shape index (κ2) is 10.8. The maximum Gasteiger partial charge on any atom is 0.246 e. The summed E-state index contributed by atoms with van der Waals surface area (Å²) in [6.45, 7) is 6.79. The van der Waals surface area contributed by atoms with Gasteiger partial charge >= 0.3 is 0 Å². The molecule has 1 aliphatic rings. The molecule has 0 bridgehead atoms. The number of nitrogens with one attached hydrogen (secondary N) is 3. The van der Waals surface area contributed by atoms with Crippen LogP contribution in [0.15, 0.2) is 49.4 Å². The number of nitrogens with zero attached hydrogens (tertiary/aromatic N) is 5. The van der Waals surface area contributed by atoms with E-state index in [1.54, 1.807) is 23.4 Å². The van der Waals surface area contributed by atoms with Gasteiger partial charge in [0.2, 0.25) is 11.8 Å². The lowest BCUT2D eigenvalue weighted by Gasteiger charge is -2.22. The zero-order chi connectivity index (χ0) is 23.9. The van der Waals surface area contributed by atoms with Gasteiger partial charge < -0.3 is 20.9 Å². The number of aromatic nitrogens is 4. The third kappa shape index (κ3) is 5.73. The average molecular weight is 479 g/mol. The summed E-state index contributed by atoms with van der Waals surface area (Å²) in [5.41, 5.74) is 1.05. The van der Waals surface area contributed by atoms with E-state index in [-0.39, 0.29) is 11.8 Å². The average Bonchev–Trinajstić information content (AvgIpc) is 3.51. The largest absolute Gasteiger partial charge is 0.368 e. The number of hydrogen-bond donors (Lipinski definition) is 3. The highest BCUT2D eigenvalue weighted by atomic mass is 32.1. The Bertz CT molecular complexity index is 1170. The first-order valence-corrected chi connectivity index (χ1v) is 11.8. The maximum atomic E-state index is 12.5. The Hall–Kier alpha value is -3.86. The Kier molecular flexibility index (Phi) is 7.43. The molecule has 0 spiro atoms. The SMILES string of the molecule is C=CC(=O)N1CCCC1C(=O)NCCNc1cc(Nc2ncc(-c3ccncc3)s2)nc(C)n1. The molecule has 0 saturated carbocycles. The first-order chi connectivity index (χ1) is 16.5. The van der Waals surface area contributed by atoms with Gasteiger partial charge in [0.25, 0.3) is 0 Å². The number of hydrogen-bond acceptors (Lipinski definition) is 9. The molecule has 0 radical (unpaired) electrons. The third-order valence-electron chi connectivity index (χ3n) is 5.29. The van der Waals surface area contributed by atoms with Gasteiger partial charge in [0, 0.05) is 44.3 Å². The number of rotatable bonds is 9. The van der Waals surface area contributed by atoms with E-state index in [1.165, 1.54) is 17.4 Å². The highest BCUT2D eigenvalue weighted by Crippen LogP contribution is 2.30. The third-order valence-corrected chi connectivity index (χ3v) is 6.25. The van der Waals surface area contributed by atoms with Crippen molar-refractivity contribution in [2.45, 2.75) is 25.8 Å². The van der Waals surface area contributed by atoms with Crippen LogP contribution in [0, 0.1) is 6.92 Å². The minimum atomic E-state index is -0.432. The van der Waals surface area contributed by atoms with Crippen LogP contribution in [-0.4, -0.2) is 62.3 Å². The smallest absolute Gasteiger partial charge is 0.246 e. The van der Waals surface area contributed by atoms with Crippen molar-refractivity contribution in [3.63, 3.8) is 0 Å². The molecule has 0 aromatic carbocycles. The highest BCUT2D eigenvalue weighted by molar-refractivity contribution is 7.18. The summed E-state index contributed by atoms with van der Waals surface area (Å²) in [7, 11) is 0. The van der Waals surface area contributed by atoms with Crippen molar-refractivity contribution in [3.8, 4) is 10.4 Å². The van der Waals surface area contributed by atoms with E-state index in [2.05, 4.69) is 42.5 Å². The van der Waals surface area contributed by atoms with Gasteiger partial charge in [0.1, 0.15) is 23.5 Å². The first kappa shape index (κ1) is 23.3. The normalized spacial score (nSPS) is 15.1. The standard InChI is InChI=1S/C23H26N8O2S/c1-3-21(32)31-12-4-5-17(31)22(33)26-11-10-25-19-13-20(29-15(2)28-19)30-23-27-14-18(34-23)16-6-8-24-9-7-16/h3,6-9,13-14,17H,1,4-5,10-12H2,2H3,(H,26,33)(H2,25,27,28,29,30). The topological polar surface area (TPSA) is 125 Å². The van der Waals surface area contributed by atoms with Crippen LogP contribution in [-0.2, 0) is 9.59 Å². The summed E-state index contributed by atoms with van der Waals surface area (Å²) in [5.74, 6) is 1.51. The fourth-order valence-corrected chi connectivity index (χ4v) is 4.56. The predicted molar refractivity (Wildman–Crippen MR) is 132 cm³/mol. The van der Waals surface area contributed by atoms with E-state index in [9.17, 15) is 9.59 Å². The fraction of sp³-hybridized carbons (Fsp3) is 0.304. The van der Waals surface area contributed by atoms with Crippen LogP contribution in [0.5, 0.6) is 0 Å². The Labute approximate surface area is 201 Å². The van der Waals surface area contributed by atoms with Crippen molar-refractivity contribution in [1.29, 1.82) is 0 Å². The summed E-state index contributed by atoms with van der Waals surface area (Å²) in [6, 6.07) is 5.24. The van der Waals surface area contributed by atoms with Crippen LogP contribution in [0.3, 0.4) is 0 Å². The fourth-order valence-electron chi connectivity index (χ4n) is 3.73. The number of thiazole rings is 1. The van der Waals surface area contributed by atoms with E-state index < -0.39 is 6.04 Å². The summed E-state index contributed by atoms with van der Waals surface area (Å²) in [6.07, 6.45) is 8.05. The van der Waals surface area contributed by atoms with Gasteiger partial charge in [0.15, 0.2) is 5.13 Å². The summed E-state index contributed by atoms with van der Waals surface area (Å²) in [5, 5.41) is 10.0. The Morgan fingerprint density at radius 3 is 2.82 bits per heavy atom. The zero-order valence-electron chi connectivity index (χ0n) is 18.8. The second-order valence-electron chi connectivity index (χ2n) is 7.69. The van der Waals surface area contributed by atoms with E-state index in [1.807, 2.05) is 25.3 Å². The second-order valence-corrected chi connectivity index (χ2v) is 8.72. The molecule has 4 heterocycles. The molecule has 11 heteroatoms. The number of aryl methyl sites for hydroxylation is 1. The molecule has 1 unspecified atom stereocenters. The van der Waals surface area contributed by atoms with Gasteiger partial charge in [0.05, 0.1) is 4.88 Å². The van der Waals surface area contributed by atoms with E-state index in [4.69, 9.17) is 0 Å². The predicted octanol–water partition coefficient (Wildman–Crippen LogP) is 2.75. The first-order valence-electron chi connectivity index (χ1n) is 11.0. The zero-order valence-corrected chi connectivity index (χ0v) is 19.6. The lowest BCUT2D eigenvalue weighted by Crippen LogP contribution is -2.46. The van der Waals surface area contributed by atoms with E-state index in [0.29, 0.717) is 43.5 Å². The molecule has 3 aromatic rings. The van der Waals surface area contributed by atoms with Gasteiger partial charge in [-0.2, -0.15) is 0 Å². The summed E-state index contributed by atoms with van der Waals surface area (Å²) >= 11 is 1.52. The minimum absolute atomic E-state index is 0.149. The number of pyridine rings is 1. The van der Waals surface area contributed by atoms with Crippen LogP contribution < -0.4 is 16.0 Å². The molecule has 1 atom stereocenters. The van der Waals surface area contributed by atoms with Gasteiger partial charge in [-0.25, -0.2) is 15.0 Å². The van der Waals surface area contributed by atoms with Crippen molar-refractivity contribution in [2.75, 3.05) is 30.3 Å². The summed E-state index contributed by atoms with van der Waals surface area (Å²) < 4.78 is 0. The number of anilines is 3. The van der Waals surface area contributed by atoms with Crippen molar-refractivity contribution in [3.05, 3.63) is 55.3 Å². The molecular weight excluding hydrogens is 452 g/mol. The quantitative estimate of drug-likeness (QED) is 0.317. The summed E-state index contributed by atoms with van der Waals surface area (Å²) in [4.78, 5) is 44.3. The molecule has 1 aliphatic heterocycles. The Morgan fingerprint density at radius 2 is 2.03 bits per heavy atom. The molecule has 0 aliphatic carbocycles. The molecule has 4 rings (SSSR count). The Morgan fingerprint density at radius 1 is 1.24 bits per heavy atom. The van der Waals surface area contributed by atoms with Gasteiger partial charge in [-0.15, -0.1) is 0 Å². The van der Waals surface area contributed by atoms with E-state index >= 15 is 0 Å². The lowest BCUT2D eigenvalue weighted by atomic mass is 10.2. The van der Waals surface area contributed by atoms with Gasteiger partial charge in [-0.1, -0.05) is 17.9 Å². The van der Waals surface area contributed by atoms with E-state index in [0.717, 1.165) is 22.0 Å². The molecule has 3 N–H and O–H groups in total. The molecule has 1 saturated heterocycles. The molecule has 176 valence electrons. The minimum Gasteiger partial charge on any atom is -0.368 e. The van der Waals surface area contributed by atoms with Crippen molar-refractivity contribution in [2.24, 2.45) is 0 Å². The number of carbonyl (C=O) groups is 2. The maximum absolute atomic E-state index is 12.5. The molecule has 2 amide bonds. The van der Waals surface area contributed by atoms with Crippen LogP contribution in [0.2, 0.25) is 0 Å². The molecule has 3 aromatic heterocycles. The monoisotopic (exact) mass is 478 g/mol. The highest BCUT2D eigenvalue weighted by Gasteiger charge is 2.32. The molecular formula is C23H26N8O2S. The number of likely N-dealkylation sites (tertiary alicyclic amines) is 1. The molecule has 10 nitrogen and oxygen atoms in total. The van der Waals surface area contributed by atoms with Crippen molar-refractivity contribution in [1.82, 2.24) is 30.2 Å². The Balaban J connectivity index is 1.30. The van der Waals surface area contributed by atoms with Gasteiger partial charge in [-0.3, -0.25) is 14.6 Å². The molecule has 1 fully saturated rings. The lowest BCUT2D eigenvalue weighted by molar-refractivity contribution is -0.135. The number of amides is 2. The van der Waals surface area contributed by atoms with Crippen LogP contribution in [0.4, 0.5) is 16.8 Å². The number of carbonyl (C=O) groups excluding carboxylic acids is 2. The molecule has 34 heavy (non-hydrogen) atoms. The van der Waals surface area contributed by atoms with Crippen molar-refractivity contribution >= 4 is 39.9 Å². The van der Waals surface area contributed by atoms with Gasteiger partial charge in [-0.05, 0) is 43.5 Å².